The zero-order valence-electron chi connectivity index (χ0n) is 16.6. The molecule has 1 amide bonds. The maximum absolute atomic E-state index is 12.9. The summed E-state index contributed by atoms with van der Waals surface area (Å²) in [5.74, 6) is 3.93. The molecule has 4 N–H and O–H groups in total. The van der Waals surface area contributed by atoms with Gasteiger partial charge in [-0.3, -0.25) is 10.2 Å². The molecule has 4 fully saturated rings. The van der Waals surface area contributed by atoms with Crippen molar-refractivity contribution in [2.45, 2.75) is 64.8 Å². The SMILES string of the molecule is CCCC[C@H](C)CO/C(NC)=C(/C=[NH2+])C(=O)NC1C2CC3CC(C2)C1C3. The van der Waals surface area contributed by atoms with Crippen LogP contribution in [0.25, 0.3) is 0 Å². The summed E-state index contributed by atoms with van der Waals surface area (Å²) in [6.45, 7) is 4.97. The molecule has 4 bridgehead atoms. The van der Waals surface area contributed by atoms with E-state index in [0.717, 1.165) is 18.3 Å². The van der Waals surface area contributed by atoms with Crippen molar-refractivity contribution in [2.24, 2.45) is 29.6 Å². The predicted octanol–water partition coefficient (Wildman–Crippen LogP) is 1.64. The van der Waals surface area contributed by atoms with Crippen LogP contribution in [0.5, 0.6) is 0 Å². The molecular weight excluding hydrogens is 326 g/mol. The molecule has 0 aromatic carbocycles. The fraction of sp³-hybridized carbons (Fsp3) is 0.810. The molecule has 5 nitrogen and oxygen atoms in total. The number of nitrogens with two attached hydrogens (primary N) is 1. The van der Waals surface area contributed by atoms with E-state index in [-0.39, 0.29) is 5.91 Å². The second-order valence-corrected chi connectivity index (χ2v) is 8.71. The van der Waals surface area contributed by atoms with Gasteiger partial charge in [0.05, 0.1) is 6.61 Å². The van der Waals surface area contributed by atoms with Crippen molar-refractivity contribution in [3.8, 4) is 0 Å². The maximum atomic E-state index is 12.9. The van der Waals surface area contributed by atoms with Gasteiger partial charge in [-0.05, 0) is 61.7 Å². The summed E-state index contributed by atoms with van der Waals surface area (Å²) in [4.78, 5) is 12.9. The number of rotatable bonds is 10. The Morgan fingerprint density at radius 3 is 2.69 bits per heavy atom. The van der Waals surface area contributed by atoms with E-state index in [2.05, 4.69) is 24.5 Å². The van der Waals surface area contributed by atoms with Crippen LogP contribution in [0.2, 0.25) is 0 Å². The Labute approximate surface area is 157 Å². The van der Waals surface area contributed by atoms with E-state index in [1.807, 2.05) is 0 Å². The van der Waals surface area contributed by atoms with Crippen molar-refractivity contribution in [1.82, 2.24) is 10.6 Å². The third kappa shape index (κ3) is 3.91. The molecule has 6 atom stereocenters. The molecule has 4 aliphatic carbocycles. The summed E-state index contributed by atoms with van der Waals surface area (Å²) in [7, 11) is 1.78. The molecule has 0 aromatic heterocycles. The van der Waals surface area contributed by atoms with E-state index in [4.69, 9.17) is 10.1 Å². The van der Waals surface area contributed by atoms with Gasteiger partial charge in [0.1, 0.15) is 0 Å². The van der Waals surface area contributed by atoms with Crippen LogP contribution < -0.4 is 16.0 Å². The largest absolute Gasteiger partial charge is 0.478 e. The summed E-state index contributed by atoms with van der Waals surface area (Å²) in [5, 5.41) is 12.1. The van der Waals surface area contributed by atoms with Gasteiger partial charge in [-0.25, -0.2) is 0 Å². The molecule has 0 aliphatic heterocycles. The molecule has 5 unspecified atom stereocenters. The lowest BCUT2D eigenvalue weighted by Gasteiger charge is -2.32. The molecule has 26 heavy (non-hydrogen) atoms. The number of carbonyl (C=O) groups excluding carboxylic acids is 1. The Balaban J connectivity index is 1.61. The van der Waals surface area contributed by atoms with Gasteiger partial charge >= 0.3 is 0 Å². The van der Waals surface area contributed by atoms with Crippen LogP contribution in [-0.2, 0) is 9.53 Å². The van der Waals surface area contributed by atoms with Crippen LogP contribution in [0.4, 0.5) is 0 Å². The van der Waals surface area contributed by atoms with Crippen LogP contribution in [0.3, 0.4) is 0 Å². The first-order valence-corrected chi connectivity index (χ1v) is 10.5. The molecule has 0 aromatic rings. The van der Waals surface area contributed by atoms with Gasteiger partial charge in [-0.1, -0.05) is 26.7 Å². The van der Waals surface area contributed by atoms with E-state index in [1.165, 1.54) is 44.7 Å². The molecule has 0 heterocycles. The molecule has 0 radical (unpaired) electrons. The van der Waals surface area contributed by atoms with Crippen LogP contribution in [-0.4, -0.2) is 31.8 Å². The number of hydrogen-bond acceptors (Lipinski definition) is 3. The third-order valence-electron chi connectivity index (χ3n) is 6.80. The number of amides is 1. The summed E-state index contributed by atoms with van der Waals surface area (Å²) in [6, 6.07) is 0.322. The van der Waals surface area contributed by atoms with Gasteiger partial charge in [0.25, 0.3) is 5.91 Å². The van der Waals surface area contributed by atoms with Crippen molar-refractivity contribution in [1.29, 1.82) is 0 Å². The molecule has 5 heteroatoms. The predicted molar refractivity (Wildman–Crippen MR) is 103 cm³/mol. The van der Waals surface area contributed by atoms with Gasteiger partial charge < -0.3 is 15.4 Å². The molecule has 0 spiro atoms. The minimum atomic E-state index is -0.0981. The van der Waals surface area contributed by atoms with Gasteiger partial charge in [-0.15, -0.1) is 0 Å². The summed E-state index contributed by atoms with van der Waals surface area (Å²) in [5.41, 5.74) is 0.424. The first kappa shape index (κ1) is 19.2. The van der Waals surface area contributed by atoms with E-state index in [9.17, 15) is 4.79 Å². The third-order valence-corrected chi connectivity index (χ3v) is 6.80. The highest BCUT2D eigenvalue weighted by molar-refractivity contribution is 6.11. The number of hydrogen-bond donors (Lipinski definition) is 3. The molecule has 4 aliphatic rings. The smallest absolute Gasteiger partial charge is 0.263 e. The van der Waals surface area contributed by atoms with E-state index >= 15 is 0 Å². The van der Waals surface area contributed by atoms with Gasteiger partial charge in [0.15, 0.2) is 11.8 Å². The summed E-state index contributed by atoms with van der Waals surface area (Å²) in [6.07, 6.45) is 10.1. The Morgan fingerprint density at radius 1 is 1.27 bits per heavy atom. The highest BCUT2D eigenvalue weighted by atomic mass is 16.5. The second-order valence-electron chi connectivity index (χ2n) is 8.71. The van der Waals surface area contributed by atoms with Gasteiger partial charge in [-0.2, -0.15) is 0 Å². The van der Waals surface area contributed by atoms with E-state index in [0.29, 0.717) is 41.9 Å². The first-order chi connectivity index (χ1) is 12.6. The highest BCUT2D eigenvalue weighted by Crippen LogP contribution is 2.58. The Morgan fingerprint density at radius 2 is 2.04 bits per heavy atom. The van der Waals surface area contributed by atoms with Crippen LogP contribution in [0.15, 0.2) is 11.5 Å². The molecule has 4 rings (SSSR count). The van der Waals surface area contributed by atoms with Crippen molar-refractivity contribution in [3.05, 3.63) is 11.5 Å². The fourth-order valence-corrected chi connectivity index (χ4v) is 5.59. The zero-order valence-corrected chi connectivity index (χ0v) is 16.6. The average Bonchev–Trinajstić information content (AvgIpc) is 3.05. The Bertz CT molecular complexity index is 555. The minimum Gasteiger partial charge on any atom is -0.478 e. The lowest BCUT2D eigenvalue weighted by atomic mass is 9.79. The molecule has 146 valence electrons. The van der Waals surface area contributed by atoms with Crippen molar-refractivity contribution < 1.29 is 14.9 Å². The number of unbranched alkanes of at least 4 members (excludes halogenated alkanes) is 1. The molecular formula is C21H36N3O2+. The average molecular weight is 363 g/mol. The number of nitrogens with one attached hydrogen (secondary N) is 2. The monoisotopic (exact) mass is 362 g/mol. The number of carbonyl (C=O) groups is 1. The highest BCUT2D eigenvalue weighted by Gasteiger charge is 2.54. The van der Waals surface area contributed by atoms with Crippen molar-refractivity contribution in [2.75, 3.05) is 13.7 Å². The van der Waals surface area contributed by atoms with Crippen molar-refractivity contribution >= 4 is 12.1 Å². The van der Waals surface area contributed by atoms with Crippen LogP contribution >= 0.6 is 0 Å². The lowest BCUT2D eigenvalue weighted by molar-refractivity contribution is -0.121. The second kappa shape index (κ2) is 8.45. The van der Waals surface area contributed by atoms with Gasteiger partial charge in [0.2, 0.25) is 5.88 Å². The van der Waals surface area contributed by atoms with E-state index in [1.54, 1.807) is 7.05 Å². The van der Waals surface area contributed by atoms with E-state index < -0.39 is 0 Å². The van der Waals surface area contributed by atoms with Crippen LogP contribution in [0.1, 0.15) is 58.8 Å². The normalized spacial score (nSPS) is 33.6. The topological polar surface area (TPSA) is 75.9 Å². The zero-order chi connectivity index (χ0) is 18.7. The Hall–Kier alpha value is -1.52. The quantitative estimate of drug-likeness (QED) is 0.314. The summed E-state index contributed by atoms with van der Waals surface area (Å²) >= 11 is 0. The van der Waals surface area contributed by atoms with Crippen molar-refractivity contribution in [3.63, 3.8) is 0 Å². The summed E-state index contributed by atoms with van der Waals surface area (Å²) < 4.78 is 5.91. The van der Waals surface area contributed by atoms with Crippen LogP contribution in [0, 0.1) is 29.6 Å². The molecule has 4 saturated carbocycles. The number of ether oxygens (including phenoxy) is 1. The minimum absolute atomic E-state index is 0.0981. The standard InChI is InChI=1S/C21H35N3O2/c1-4-5-6-13(2)12-26-21(23-3)18(11-22)20(25)24-19-16-8-14-7-15(10-16)17(19)9-14/h11,13-17,19,22-23H,4-10,12H2,1-3H3,(H,24,25)/p+1/b21-18-,22-11?/t13-,14?,15?,16?,17?,19?/m0/s1. The van der Waals surface area contributed by atoms with Gasteiger partial charge in [0, 0.05) is 13.1 Å². The lowest BCUT2D eigenvalue weighted by Crippen LogP contribution is -2.47. The fourth-order valence-electron chi connectivity index (χ4n) is 5.59. The Kier molecular flexibility index (Phi) is 6.25. The first-order valence-electron chi connectivity index (χ1n) is 10.5. The molecule has 0 saturated heterocycles. The maximum Gasteiger partial charge on any atom is 0.263 e.